The summed E-state index contributed by atoms with van der Waals surface area (Å²) in [6.07, 6.45) is -1.36. The SMILES string of the molecule is CC(C)C1NCNC2C1CCN2[C@@H]1O[C@H]([C@H](O)c2ccc3c(c2)CC3)[C@@H](O)[C@H]1O. The van der Waals surface area contributed by atoms with Crippen LogP contribution in [0, 0.1) is 11.8 Å². The Balaban J connectivity index is 1.32. The molecule has 5 N–H and O–H groups in total. The lowest BCUT2D eigenvalue weighted by Gasteiger charge is -2.42. The lowest BCUT2D eigenvalue weighted by molar-refractivity contribution is -0.128. The highest BCUT2D eigenvalue weighted by atomic mass is 16.6. The first-order valence-corrected chi connectivity index (χ1v) is 11.0. The van der Waals surface area contributed by atoms with E-state index >= 15 is 0 Å². The van der Waals surface area contributed by atoms with Crippen LogP contribution in [0.1, 0.15) is 43.1 Å². The molecule has 3 saturated heterocycles. The Bertz CT molecular complexity index is 760. The molecular weight excluding hydrogens is 370 g/mol. The Kier molecular flexibility index (Phi) is 5.19. The largest absolute Gasteiger partial charge is 0.387 e. The van der Waals surface area contributed by atoms with Crippen LogP contribution in [-0.4, -0.2) is 70.2 Å². The van der Waals surface area contributed by atoms with Crippen molar-refractivity contribution < 1.29 is 20.1 Å². The molecule has 0 spiro atoms. The molecule has 1 aliphatic carbocycles. The predicted molar refractivity (Wildman–Crippen MR) is 108 cm³/mol. The lowest BCUT2D eigenvalue weighted by Crippen LogP contribution is -2.63. The third kappa shape index (κ3) is 3.24. The van der Waals surface area contributed by atoms with E-state index in [-0.39, 0.29) is 6.17 Å². The van der Waals surface area contributed by atoms with Gasteiger partial charge in [-0.2, -0.15) is 0 Å². The van der Waals surface area contributed by atoms with Crippen molar-refractivity contribution in [1.29, 1.82) is 0 Å². The molecule has 29 heavy (non-hydrogen) atoms. The molecule has 3 fully saturated rings. The van der Waals surface area contributed by atoms with Crippen LogP contribution in [-0.2, 0) is 17.6 Å². The molecule has 7 nitrogen and oxygen atoms in total. The Morgan fingerprint density at radius 1 is 1.10 bits per heavy atom. The van der Waals surface area contributed by atoms with Crippen LogP contribution in [0.5, 0.6) is 0 Å². The van der Waals surface area contributed by atoms with Crippen LogP contribution in [0.15, 0.2) is 18.2 Å². The van der Waals surface area contributed by atoms with E-state index in [0.29, 0.717) is 24.5 Å². The predicted octanol–water partition coefficient (Wildman–Crippen LogP) is 0.0882. The molecule has 0 amide bonds. The van der Waals surface area contributed by atoms with Crippen LogP contribution in [0.25, 0.3) is 0 Å². The van der Waals surface area contributed by atoms with Crippen LogP contribution in [0.2, 0.25) is 0 Å². The number of nitrogens with one attached hydrogen (secondary N) is 2. The Hall–Kier alpha value is -1.06. The minimum atomic E-state index is -1.12. The van der Waals surface area contributed by atoms with Gasteiger partial charge >= 0.3 is 0 Å². The molecule has 8 atom stereocenters. The van der Waals surface area contributed by atoms with Gasteiger partial charge in [-0.05, 0) is 41.9 Å². The quantitative estimate of drug-likeness (QED) is 0.486. The van der Waals surface area contributed by atoms with Crippen molar-refractivity contribution in [2.45, 2.75) is 76.0 Å². The maximum Gasteiger partial charge on any atom is 0.141 e. The van der Waals surface area contributed by atoms with Crippen LogP contribution in [0.4, 0.5) is 0 Å². The summed E-state index contributed by atoms with van der Waals surface area (Å²) in [5.41, 5.74) is 3.33. The van der Waals surface area contributed by atoms with Gasteiger partial charge in [0.05, 0.1) is 6.17 Å². The smallest absolute Gasteiger partial charge is 0.141 e. The number of likely N-dealkylation sites (tertiary alicyclic amines) is 1. The molecule has 1 aromatic carbocycles. The zero-order valence-corrected chi connectivity index (χ0v) is 17.2. The van der Waals surface area contributed by atoms with Crippen LogP contribution >= 0.6 is 0 Å². The van der Waals surface area contributed by atoms with Gasteiger partial charge in [0.15, 0.2) is 0 Å². The van der Waals surface area contributed by atoms with Crippen molar-refractivity contribution in [2.75, 3.05) is 13.2 Å². The topological polar surface area (TPSA) is 97.2 Å². The van der Waals surface area contributed by atoms with Gasteiger partial charge in [-0.25, -0.2) is 0 Å². The van der Waals surface area contributed by atoms with Crippen molar-refractivity contribution in [1.82, 2.24) is 15.5 Å². The lowest BCUT2D eigenvalue weighted by atomic mass is 9.85. The number of hydrogen-bond donors (Lipinski definition) is 5. The number of aliphatic hydroxyl groups is 3. The summed E-state index contributed by atoms with van der Waals surface area (Å²) in [7, 11) is 0. The van der Waals surface area contributed by atoms with E-state index in [1.165, 1.54) is 11.1 Å². The Morgan fingerprint density at radius 3 is 2.59 bits per heavy atom. The zero-order chi connectivity index (χ0) is 20.3. The standard InChI is InChI=1S/C22H33N3O4/c1-11(2)16-15-7-8-25(21(15)24-10-23-16)22-19(28)18(27)20(29-22)17(26)14-6-4-12-3-5-13(12)9-14/h4,6,9,11,15-24,26-28H,3,5,7-8,10H2,1-2H3/t15?,16?,17-,18+,19-,20-,21?,22-/m1/s1. The third-order valence-electron chi connectivity index (χ3n) is 7.46. The van der Waals surface area contributed by atoms with Crippen molar-refractivity contribution in [3.63, 3.8) is 0 Å². The first-order valence-electron chi connectivity index (χ1n) is 11.0. The van der Waals surface area contributed by atoms with Gasteiger partial charge < -0.3 is 25.4 Å². The van der Waals surface area contributed by atoms with Gasteiger partial charge in [0.2, 0.25) is 0 Å². The van der Waals surface area contributed by atoms with Gasteiger partial charge in [-0.15, -0.1) is 0 Å². The van der Waals surface area contributed by atoms with Crippen molar-refractivity contribution >= 4 is 0 Å². The number of rotatable bonds is 4. The molecule has 4 aliphatic rings. The van der Waals surface area contributed by atoms with E-state index in [0.717, 1.165) is 31.4 Å². The molecule has 3 aliphatic heterocycles. The first-order chi connectivity index (χ1) is 14.0. The second-order valence-electron chi connectivity index (χ2n) is 9.44. The van der Waals surface area contributed by atoms with E-state index in [2.05, 4.69) is 29.4 Å². The normalized spacial score (nSPS) is 40.6. The average molecular weight is 404 g/mol. The summed E-state index contributed by atoms with van der Waals surface area (Å²) >= 11 is 0. The molecular formula is C22H33N3O4. The summed E-state index contributed by atoms with van der Waals surface area (Å²) in [6.45, 7) is 5.97. The highest BCUT2D eigenvalue weighted by Crippen LogP contribution is 2.39. The molecule has 0 bridgehead atoms. The summed E-state index contributed by atoms with van der Waals surface area (Å²) in [5.74, 6) is 0.948. The molecule has 7 heteroatoms. The Labute approximate surface area is 172 Å². The fraction of sp³-hybridized carbons (Fsp3) is 0.727. The van der Waals surface area contributed by atoms with E-state index in [9.17, 15) is 15.3 Å². The summed E-state index contributed by atoms with van der Waals surface area (Å²) in [6, 6.07) is 6.38. The van der Waals surface area contributed by atoms with Gasteiger partial charge in [0.25, 0.3) is 0 Å². The monoisotopic (exact) mass is 403 g/mol. The molecule has 160 valence electrons. The molecule has 0 saturated carbocycles. The maximum atomic E-state index is 10.9. The summed E-state index contributed by atoms with van der Waals surface area (Å²) in [5, 5.41) is 39.5. The Morgan fingerprint density at radius 2 is 1.90 bits per heavy atom. The number of hydrogen-bond acceptors (Lipinski definition) is 7. The highest BCUT2D eigenvalue weighted by Gasteiger charge is 2.53. The van der Waals surface area contributed by atoms with Crippen molar-refractivity contribution in [3.05, 3.63) is 34.9 Å². The fourth-order valence-corrected chi connectivity index (χ4v) is 5.74. The number of fused-ring (bicyclic) bond motifs is 2. The second kappa shape index (κ2) is 7.57. The van der Waals surface area contributed by atoms with E-state index in [1.54, 1.807) is 0 Å². The summed E-state index contributed by atoms with van der Waals surface area (Å²) < 4.78 is 6.13. The van der Waals surface area contributed by atoms with Gasteiger partial charge in [0, 0.05) is 25.2 Å². The molecule has 5 rings (SSSR count). The minimum absolute atomic E-state index is 0.0999. The maximum absolute atomic E-state index is 10.9. The van der Waals surface area contributed by atoms with E-state index in [4.69, 9.17) is 4.74 Å². The minimum Gasteiger partial charge on any atom is -0.387 e. The zero-order valence-electron chi connectivity index (χ0n) is 17.2. The molecule has 3 heterocycles. The number of aliphatic hydroxyl groups excluding tert-OH is 3. The number of nitrogens with zero attached hydrogens (tertiary/aromatic N) is 1. The van der Waals surface area contributed by atoms with Crippen molar-refractivity contribution in [3.8, 4) is 0 Å². The summed E-state index contributed by atoms with van der Waals surface area (Å²) in [4.78, 5) is 2.14. The second-order valence-corrected chi connectivity index (χ2v) is 9.44. The number of aryl methyl sites for hydroxylation is 2. The van der Waals surface area contributed by atoms with E-state index < -0.39 is 30.6 Å². The van der Waals surface area contributed by atoms with Gasteiger partial charge in [-0.3, -0.25) is 10.2 Å². The molecule has 0 aromatic heterocycles. The number of benzene rings is 1. The van der Waals surface area contributed by atoms with Gasteiger partial charge in [-0.1, -0.05) is 32.0 Å². The fourth-order valence-electron chi connectivity index (χ4n) is 5.74. The highest BCUT2D eigenvalue weighted by molar-refractivity contribution is 5.39. The third-order valence-corrected chi connectivity index (χ3v) is 7.46. The van der Waals surface area contributed by atoms with Gasteiger partial charge in [0.1, 0.15) is 30.6 Å². The van der Waals surface area contributed by atoms with Crippen LogP contribution < -0.4 is 10.6 Å². The molecule has 0 radical (unpaired) electrons. The first kappa shape index (κ1) is 19.9. The molecule has 1 aromatic rings. The molecule has 3 unspecified atom stereocenters. The average Bonchev–Trinajstić information content (AvgIpc) is 3.23. The van der Waals surface area contributed by atoms with E-state index in [1.807, 2.05) is 18.2 Å². The van der Waals surface area contributed by atoms with Crippen molar-refractivity contribution in [2.24, 2.45) is 11.8 Å². The number of ether oxygens (including phenoxy) is 1. The van der Waals surface area contributed by atoms with Crippen LogP contribution in [0.3, 0.4) is 0 Å².